The first-order chi connectivity index (χ1) is 14.6. The highest BCUT2D eigenvalue weighted by atomic mass is 32.1. The Morgan fingerprint density at radius 1 is 1.17 bits per heavy atom. The number of fused-ring (bicyclic) bond motifs is 1. The maximum absolute atomic E-state index is 12.8. The third-order valence-corrected chi connectivity index (χ3v) is 5.50. The van der Waals surface area contributed by atoms with Crippen molar-refractivity contribution in [3.8, 4) is 11.3 Å². The van der Waals surface area contributed by atoms with Gasteiger partial charge in [0.1, 0.15) is 5.56 Å². The van der Waals surface area contributed by atoms with Gasteiger partial charge in [-0.05, 0) is 38.1 Å². The number of hydrogen-bond donors (Lipinski definition) is 1. The third-order valence-electron chi connectivity index (χ3n) is 4.74. The Kier molecular flexibility index (Phi) is 5.63. The number of aryl methyl sites for hydroxylation is 1. The maximum Gasteiger partial charge on any atom is 0.343 e. The minimum absolute atomic E-state index is 0.0574. The van der Waals surface area contributed by atoms with Crippen LogP contribution in [0.2, 0.25) is 0 Å². The lowest BCUT2D eigenvalue weighted by Gasteiger charge is -2.12. The van der Waals surface area contributed by atoms with E-state index < -0.39 is 5.97 Å². The average Bonchev–Trinajstić information content (AvgIpc) is 3.23. The van der Waals surface area contributed by atoms with Crippen molar-refractivity contribution in [3.05, 3.63) is 75.9 Å². The topological polar surface area (TPSA) is 73.2 Å². The van der Waals surface area contributed by atoms with Gasteiger partial charge in [-0.25, -0.2) is 9.78 Å². The summed E-state index contributed by atoms with van der Waals surface area (Å²) >= 11 is 1.52. The van der Waals surface area contributed by atoms with E-state index in [9.17, 15) is 9.59 Å². The summed E-state index contributed by atoms with van der Waals surface area (Å²) in [6.45, 7) is 4.53. The van der Waals surface area contributed by atoms with Gasteiger partial charge in [0.25, 0.3) is 0 Å². The van der Waals surface area contributed by atoms with Crippen molar-refractivity contribution in [2.24, 2.45) is 0 Å². The molecule has 0 atom stereocenters. The third kappa shape index (κ3) is 3.84. The number of ether oxygens (including phenoxy) is 1. The number of para-hydroxylation sites is 1. The normalized spacial score (nSPS) is 10.9. The number of benzene rings is 2. The summed E-state index contributed by atoms with van der Waals surface area (Å²) in [4.78, 5) is 29.7. The molecule has 4 aromatic rings. The molecule has 152 valence electrons. The summed E-state index contributed by atoms with van der Waals surface area (Å²) in [6.07, 6.45) is 1.58. The van der Waals surface area contributed by atoms with Gasteiger partial charge in [0.15, 0.2) is 5.13 Å². The van der Waals surface area contributed by atoms with Gasteiger partial charge >= 0.3 is 5.97 Å². The molecule has 0 fully saturated rings. The van der Waals surface area contributed by atoms with E-state index in [0.29, 0.717) is 11.9 Å². The summed E-state index contributed by atoms with van der Waals surface area (Å²) in [7, 11) is 0. The molecule has 2 heterocycles. The number of hydrogen-bond acceptors (Lipinski definition) is 6. The van der Waals surface area contributed by atoms with Crippen LogP contribution in [0, 0.1) is 0 Å². The van der Waals surface area contributed by atoms with Crippen LogP contribution in [-0.4, -0.2) is 22.1 Å². The number of nitrogens with zero attached hydrogens (tertiary/aromatic N) is 2. The van der Waals surface area contributed by atoms with Gasteiger partial charge in [0.05, 0.1) is 17.8 Å². The second-order valence-electron chi connectivity index (χ2n) is 6.64. The van der Waals surface area contributed by atoms with Crippen LogP contribution in [0.4, 0.5) is 10.8 Å². The molecule has 0 aliphatic carbocycles. The highest BCUT2D eigenvalue weighted by Gasteiger charge is 2.17. The van der Waals surface area contributed by atoms with Crippen molar-refractivity contribution in [3.63, 3.8) is 0 Å². The molecule has 0 saturated carbocycles. The number of rotatable bonds is 6. The summed E-state index contributed by atoms with van der Waals surface area (Å²) < 4.78 is 6.92. The van der Waals surface area contributed by atoms with Gasteiger partial charge in [-0.15, -0.1) is 11.3 Å². The van der Waals surface area contributed by atoms with Crippen molar-refractivity contribution >= 4 is 39.0 Å². The Bertz CT molecular complexity index is 1260. The Morgan fingerprint density at radius 2 is 1.97 bits per heavy atom. The molecule has 0 spiro atoms. The number of nitrogens with one attached hydrogen (secondary N) is 1. The SMILES string of the molecule is CCOC(=O)c1cn(CC)c2cc(-c3csc(Nc4ccccc4)n3)ccc2c1=O. The number of carbonyl (C=O) groups is 1. The van der Waals surface area contributed by atoms with E-state index in [1.165, 1.54) is 11.3 Å². The van der Waals surface area contributed by atoms with Crippen LogP contribution in [0.15, 0.2) is 64.9 Å². The Hall–Kier alpha value is -3.45. The Morgan fingerprint density at radius 3 is 2.70 bits per heavy atom. The van der Waals surface area contributed by atoms with Crippen molar-refractivity contribution in [2.45, 2.75) is 20.4 Å². The maximum atomic E-state index is 12.8. The average molecular weight is 420 g/mol. The van der Waals surface area contributed by atoms with Crippen LogP contribution in [0.1, 0.15) is 24.2 Å². The monoisotopic (exact) mass is 419 g/mol. The molecule has 7 heteroatoms. The fraction of sp³-hybridized carbons (Fsp3) is 0.174. The second-order valence-corrected chi connectivity index (χ2v) is 7.50. The van der Waals surface area contributed by atoms with E-state index in [1.807, 2.05) is 59.3 Å². The van der Waals surface area contributed by atoms with Crippen LogP contribution in [-0.2, 0) is 11.3 Å². The van der Waals surface area contributed by atoms with Gasteiger partial charge < -0.3 is 14.6 Å². The first-order valence-corrected chi connectivity index (χ1v) is 10.6. The Balaban J connectivity index is 1.72. The summed E-state index contributed by atoms with van der Waals surface area (Å²) in [5.74, 6) is -0.591. The van der Waals surface area contributed by atoms with E-state index in [4.69, 9.17) is 4.74 Å². The molecule has 2 aromatic heterocycles. The second kappa shape index (κ2) is 8.51. The quantitative estimate of drug-likeness (QED) is 0.442. The number of anilines is 2. The largest absolute Gasteiger partial charge is 0.462 e. The lowest BCUT2D eigenvalue weighted by atomic mass is 10.1. The highest BCUT2D eigenvalue weighted by molar-refractivity contribution is 7.14. The first kappa shape index (κ1) is 19.8. The molecule has 1 N–H and O–H groups in total. The highest BCUT2D eigenvalue weighted by Crippen LogP contribution is 2.29. The van der Waals surface area contributed by atoms with Gasteiger partial charge in [-0.1, -0.05) is 24.3 Å². The fourth-order valence-corrected chi connectivity index (χ4v) is 4.01. The van der Waals surface area contributed by atoms with E-state index >= 15 is 0 Å². The number of aromatic nitrogens is 2. The molecule has 0 unspecified atom stereocenters. The van der Waals surface area contributed by atoms with Crippen LogP contribution in [0.3, 0.4) is 0 Å². The predicted octanol–water partition coefficient (Wildman–Crippen LogP) is 5.07. The van der Waals surface area contributed by atoms with Gasteiger partial charge in [-0.3, -0.25) is 4.79 Å². The molecule has 0 saturated heterocycles. The zero-order chi connectivity index (χ0) is 21.1. The summed E-state index contributed by atoms with van der Waals surface area (Å²) in [5, 5.41) is 6.56. The molecule has 6 nitrogen and oxygen atoms in total. The zero-order valence-electron chi connectivity index (χ0n) is 16.7. The first-order valence-electron chi connectivity index (χ1n) is 9.73. The van der Waals surface area contributed by atoms with Crippen LogP contribution < -0.4 is 10.7 Å². The molecule has 0 aliphatic rings. The molecule has 2 aromatic carbocycles. The fourth-order valence-electron chi connectivity index (χ4n) is 3.27. The molecular weight excluding hydrogens is 398 g/mol. The van der Waals surface area contributed by atoms with Crippen molar-refractivity contribution in [2.75, 3.05) is 11.9 Å². The van der Waals surface area contributed by atoms with Crippen molar-refractivity contribution < 1.29 is 9.53 Å². The zero-order valence-corrected chi connectivity index (χ0v) is 17.5. The Labute approximate surface area is 177 Å². The van der Waals surface area contributed by atoms with Crippen molar-refractivity contribution in [1.29, 1.82) is 0 Å². The van der Waals surface area contributed by atoms with Crippen LogP contribution in [0.5, 0.6) is 0 Å². The van der Waals surface area contributed by atoms with Gasteiger partial charge in [0.2, 0.25) is 5.43 Å². The van der Waals surface area contributed by atoms with Crippen molar-refractivity contribution in [1.82, 2.24) is 9.55 Å². The molecule has 30 heavy (non-hydrogen) atoms. The minimum atomic E-state index is -0.591. The van der Waals surface area contributed by atoms with Gasteiger partial charge in [0, 0.05) is 34.8 Å². The minimum Gasteiger partial charge on any atom is -0.462 e. The molecular formula is C23H21N3O3S. The van der Waals surface area contributed by atoms with Gasteiger partial charge in [-0.2, -0.15) is 0 Å². The lowest BCUT2D eigenvalue weighted by molar-refractivity contribution is 0.0524. The molecule has 0 radical (unpaired) electrons. The number of esters is 1. The molecule has 0 amide bonds. The van der Waals surface area contributed by atoms with E-state index in [1.54, 1.807) is 19.2 Å². The predicted molar refractivity (Wildman–Crippen MR) is 121 cm³/mol. The van der Waals surface area contributed by atoms with Crippen LogP contribution in [0.25, 0.3) is 22.2 Å². The smallest absolute Gasteiger partial charge is 0.343 e. The molecule has 4 rings (SSSR count). The summed E-state index contributed by atoms with van der Waals surface area (Å²) in [5.41, 5.74) is 3.21. The van der Waals surface area contributed by atoms with E-state index in [-0.39, 0.29) is 17.6 Å². The number of carbonyl (C=O) groups excluding carboxylic acids is 1. The molecule has 0 aliphatic heterocycles. The lowest BCUT2D eigenvalue weighted by Crippen LogP contribution is -2.20. The number of pyridine rings is 1. The van der Waals surface area contributed by atoms with E-state index in [2.05, 4.69) is 10.3 Å². The van der Waals surface area contributed by atoms with E-state index in [0.717, 1.165) is 27.6 Å². The summed E-state index contributed by atoms with van der Waals surface area (Å²) in [6, 6.07) is 15.4. The standard InChI is InChI=1S/C23H21N3O3S/c1-3-26-13-18(22(28)29-4-2)21(27)17-11-10-15(12-20(17)26)19-14-30-23(25-19)24-16-8-6-5-7-9-16/h5-14H,3-4H2,1-2H3,(H,24,25). The van der Waals surface area contributed by atoms with Crippen LogP contribution >= 0.6 is 11.3 Å². The molecule has 0 bridgehead atoms. The number of thiazole rings is 1.